The summed E-state index contributed by atoms with van der Waals surface area (Å²) in [5.41, 5.74) is 0.401. The fourth-order valence-corrected chi connectivity index (χ4v) is 3.55. The number of fused-ring (bicyclic) bond motifs is 1. The van der Waals surface area contributed by atoms with Gasteiger partial charge in [0.2, 0.25) is 11.5 Å². The zero-order valence-electron chi connectivity index (χ0n) is 17.6. The molecule has 0 aliphatic carbocycles. The number of carbonyl (C=O) groups is 1. The largest absolute Gasteiger partial charge is 0.504 e. The molecule has 1 N–H and O–H groups in total. The molecule has 9 heteroatoms. The molecule has 3 rings (SSSR count). The molecule has 1 aliphatic heterocycles. The van der Waals surface area contributed by atoms with Crippen LogP contribution in [0.3, 0.4) is 0 Å². The predicted molar refractivity (Wildman–Crippen MR) is 105 cm³/mol. The highest BCUT2D eigenvalue weighted by molar-refractivity contribution is 6.08. The monoisotopic (exact) mass is 420 g/mol. The maximum Gasteiger partial charge on any atom is 0.276 e. The van der Waals surface area contributed by atoms with Gasteiger partial charge in [-0.2, -0.15) is 0 Å². The number of ether oxygens (including phenoxy) is 7. The van der Waals surface area contributed by atoms with Crippen LogP contribution in [0.25, 0.3) is 0 Å². The number of Topliss-reactive ketones (excluding diaryl/α,β-unsaturated/α-hetero) is 1. The molecule has 9 nitrogen and oxygen atoms in total. The topological polar surface area (TPSA) is 102 Å². The zero-order valence-corrected chi connectivity index (χ0v) is 17.6. The number of methoxy groups -OCH3 is 6. The Labute approximate surface area is 174 Å². The van der Waals surface area contributed by atoms with Crippen LogP contribution in [0.5, 0.6) is 34.5 Å². The fourth-order valence-electron chi connectivity index (χ4n) is 3.55. The van der Waals surface area contributed by atoms with Crippen LogP contribution in [0.2, 0.25) is 0 Å². The summed E-state index contributed by atoms with van der Waals surface area (Å²) >= 11 is 0. The van der Waals surface area contributed by atoms with E-state index in [1.165, 1.54) is 48.7 Å². The molecule has 0 bridgehead atoms. The van der Waals surface area contributed by atoms with Crippen molar-refractivity contribution in [3.63, 3.8) is 0 Å². The Hall–Kier alpha value is -3.17. The smallest absolute Gasteiger partial charge is 0.276 e. The summed E-state index contributed by atoms with van der Waals surface area (Å²) in [5.74, 6) is -1.69. The number of phenolic OH excluding ortho intramolecular Hbond substituents is 1. The highest BCUT2D eigenvalue weighted by Gasteiger charge is 2.55. The molecule has 162 valence electrons. The third-order valence-electron chi connectivity index (χ3n) is 5.06. The quantitative estimate of drug-likeness (QED) is 0.677. The van der Waals surface area contributed by atoms with Crippen LogP contribution in [0.15, 0.2) is 24.3 Å². The first kappa shape index (κ1) is 21.5. The first-order valence-corrected chi connectivity index (χ1v) is 8.93. The SMILES string of the molecule is COc1ccc(C2Oc3cc(OC)c(OC)c(O)c3C(=O)C2(OC)OC)cc1OC. The average Bonchev–Trinajstić information content (AvgIpc) is 2.78. The lowest BCUT2D eigenvalue weighted by Crippen LogP contribution is -2.52. The van der Waals surface area contributed by atoms with Gasteiger partial charge in [0.25, 0.3) is 5.79 Å². The molecule has 0 spiro atoms. The summed E-state index contributed by atoms with van der Waals surface area (Å²) in [6.45, 7) is 0. The Morgan fingerprint density at radius 3 is 2.03 bits per heavy atom. The first-order valence-electron chi connectivity index (χ1n) is 8.93. The molecule has 2 aromatic rings. The molecule has 0 radical (unpaired) electrons. The van der Waals surface area contributed by atoms with E-state index in [9.17, 15) is 9.90 Å². The minimum absolute atomic E-state index is 0.00104. The van der Waals surface area contributed by atoms with E-state index in [0.717, 1.165) is 0 Å². The van der Waals surface area contributed by atoms with Gasteiger partial charge in [-0.05, 0) is 12.1 Å². The van der Waals surface area contributed by atoms with Crippen LogP contribution in [-0.4, -0.2) is 59.3 Å². The fraction of sp³-hybridized carbons (Fsp3) is 0.381. The molecule has 1 unspecified atom stereocenters. The van der Waals surface area contributed by atoms with Crippen molar-refractivity contribution in [3.05, 3.63) is 35.4 Å². The minimum atomic E-state index is -1.87. The Balaban J connectivity index is 2.24. The van der Waals surface area contributed by atoms with Crippen LogP contribution in [-0.2, 0) is 9.47 Å². The summed E-state index contributed by atoms with van der Waals surface area (Å²) in [6, 6.07) is 6.52. The average molecular weight is 420 g/mol. The van der Waals surface area contributed by atoms with Gasteiger partial charge in [0, 0.05) is 25.8 Å². The molecule has 0 saturated carbocycles. The van der Waals surface area contributed by atoms with Gasteiger partial charge in [0.05, 0.1) is 28.4 Å². The number of hydrogen-bond acceptors (Lipinski definition) is 9. The number of rotatable bonds is 7. The van der Waals surface area contributed by atoms with Crippen LogP contribution < -0.4 is 23.7 Å². The summed E-state index contributed by atoms with van der Waals surface area (Å²) < 4.78 is 38.3. The van der Waals surface area contributed by atoms with Gasteiger partial charge in [0.15, 0.2) is 29.1 Å². The van der Waals surface area contributed by atoms with E-state index in [0.29, 0.717) is 17.1 Å². The molecule has 0 saturated heterocycles. The van der Waals surface area contributed by atoms with Gasteiger partial charge in [-0.25, -0.2) is 0 Å². The molecular weight excluding hydrogens is 396 g/mol. The number of benzene rings is 2. The molecule has 0 aromatic heterocycles. The van der Waals surface area contributed by atoms with E-state index in [1.54, 1.807) is 18.2 Å². The van der Waals surface area contributed by atoms with E-state index in [-0.39, 0.29) is 22.8 Å². The molecular formula is C21H24O9. The highest BCUT2D eigenvalue weighted by Crippen LogP contribution is 2.52. The Bertz CT molecular complexity index is 950. The van der Waals surface area contributed by atoms with Crippen molar-refractivity contribution in [2.75, 3.05) is 42.7 Å². The van der Waals surface area contributed by atoms with Crippen molar-refractivity contribution in [3.8, 4) is 34.5 Å². The summed E-state index contributed by atoms with van der Waals surface area (Å²) in [5, 5.41) is 10.7. The van der Waals surface area contributed by atoms with Gasteiger partial charge < -0.3 is 38.3 Å². The van der Waals surface area contributed by atoms with Gasteiger partial charge in [-0.1, -0.05) is 6.07 Å². The zero-order chi connectivity index (χ0) is 22.1. The normalized spacial score (nSPS) is 17.0. The number of phenols is 1. The van der Waals surface area contributed by atoms with E-state index >= 15 is 0 Å². The lowest BCUT2D eigenvalue weighted by atomic mass is 9.89. The van der Waals surface area contributed by atoms with E-state index in [1.807, 2.05) is 0 Å². The second kappa shape index (κ2) is 8.29. The molecule has 1 atom stereocenters. The van der Waals surface area contributed by atoms with Gasteiger partial charge >= 0.3 is 0 Å². The molecule has 1 aliphatic rings. The van der Waals surface area contributed by atoms with E-state index < -0.39 is 23.4 Å². The third kappa shape index (κ3) is 3.06. The maximum absolute atomic E-state index is 13.5. The summed E-state index contributed by atoms with van der Waals surface area (Å²) in [7, 11) is 8.42. The van der Waals surface area contributed by atoms with Crippen LogP contribution in [0, 0.1) is 0 Å². The number of aromatic hydroxyl groups is 1. The second-order valence-corrected chi connectivity index (χ2v) is 6.35. The summed E-state index contributed by atoms with van der Waals surface area (Å²) in [4.78, 5) is 13.5. The highest BCUT2D eigenvalue weighted by atomic mass is 16.7. The number of carbonyl (C=O) groups excluding carboxylic acids is 1. The standard InChI is InChI=1S/C21H24O9/c1-24-12-8-7-11(9-13(12)25-2)20-21(28-5,29-6)19(23)16-14(30-20)10-15(26-3)18(27-4)17(16)22/h7-10,20,22H,1-6H3. The third-order valence-corrected chi connectivity index (χ3v) is 5.06. The molecule has 1 heterocycles. The van der Waals surface area contributed by atoms with Gasteiger partial charge in [-0.15, -0.1) is 0 Å². The van der Waals surface area contributed by atoms with Crippen LogP contribution >= 0.6 is 0 Å². The molecule has 30 heavy (non-hydrogen) atoms. The Morgan fingerprint density at radius 1 is 0.867 bits per heavy atom. The Morgan fingerprint density at radius 2 is 1.50 bits per heavy atom. The molecule has 2 aromatic carbocycles. The van der Waals surface area contributed by atoms with Crippen molar-refractivity contribution in [2.45, 2.75) is 11.9 Å². The minimum Gasteiger partial charge on any atom is -0.504 e. The van der Waals surface area contributed by atoms with E-state index in [4.69, 9.17) is 33.2 Å². The van der Waals surface area contributed by atoms with Gasteiger partial charge in [-0.3, -0.25) is 4.79 Å². The predicted octanol–water partition coefficient (Wildman–Crippen LogP) is 2.73. The van der Waals surface area contributed by atoms with Crippen molar-refractivity contribution < 1.29 is 43.1 Å². The van der Waals surface area contributed by atoms with E-state index in [2.05, 4.69) is 0 Å². The van der Waals surface area contributed by atoms with Crippen molar-refractivity contribution >= 4 is 5.78 Å². The molecule has 0 amide bonds. The Kier molecular flexibility index (Phi) is 5.95. The van der Waals surface area contributed by atoms with Crippen molar-refractivity contribution in [1.29, 1.82) is 0 Å². The first-order chi connectivity index (χ1) is 14.4. The van der Waals surface area contributed by atoms with Crippen molar-refractivity contribution in [2.24, 2.45) is 0 Å². The molecule has 0 fully saturated rings. The van der Waals surface area contributed by atoms with Crippen molar-refractivity contribution in [1.82, 2.24) is 0 Å². The number of ketones is 1. The van der Waals surface area contributed by atoms with Crippen LogP contribution in [0.1, 0.15) is 22.0 Å². The van der Waals surface area contributed by atoms with Gasteiger partial charge in [0.1, 0.15) is 11.3 Å². The second-order valence-electron chi connectivity index (χ2n) is 6.35. The summed E-state index contributed by atoms with van der Waals surface area (Å²) in [6.07, 6.45) is -1.02. The lowest BCUT2D eigenvalue weighted by molar-refractivity contribution is -0.222. The lowest BCUT2D eigenvalue weighted by Gasteiger charge is -2.41. The maximum atomic E-state index is 13.5. The van der Waals surface area contributed by atoms with Crippen LogP contribution in [0.4, 0.5) is 0 Å². The number of hydrogen-bond donors (Lipinski definition) is 1.